The molecular weight excluding hydrogens is 267 g/mol. The fourth-order valence-electron chi connectivity index (χ4n) is 2.24. The summed E-state index contributed by atoms with van der Waals surface area (Å²) in [6.45, 7) is 2.14. The number of hydrogen-bond donors (Lipinski definition) is 0. The normalized spacial score (nSPS) is 10.7. The van der Waals surface area contributed by atoms with Gasteiger partial charge in [-0.15, -0.1) is 11.3 Å². The zero-order valence-corrected chi connectivity index (χ0v) is 12.1. The first-order valence-corrected chi connectivity index (χ1v) is 7.43. The van der Waals surface area contributed by atoms with Crippen LogP contribution in [0.1, 0.15) is 16.0 Å². The molecule has 0 saturated carbocycles. The molecule has 2 heteroatoms. The monoisotopic (exact) mass is 282 g/mol. The Kier molecular flexibility index (Phi) is 3.66. The van der Waals surface area contributed by atoms with Crippen molar-refractivity contribution in [3.8, 4) is 10.4 Å². The van der Waals surface area contributed by atoms with Crippen LogP contribution in [0.5, 0.6) is 0 Å². The van der Waals surface area contributed by atoms with Crippen molar-refractivity contribution >= 4 is 11.3 Å². The lowest BCUT2D eigenvalue weighted by molar-refractivity contribution is 0.628. The summed E-state index contributed by atoms with van der Waals surface area (Å²) in [6, 6.07) is 19.4. The predicted octanol–water partition coefficient (Wildman–Crippen LogP) is 5.45. The van der Waals surface area contributed by atoms with Gasteiger partial charge in [0.2, 0.25) is 0 Å². The first-order chi connectivity index (χ1) is 9.72. The molecule has 0 aliphatic heterocycles. The van der Waals surface area contributed by atoms with Gasteiger partial charge in [-0.1, -0.05) is 36.4 Å². The van der Waals surface area contributed by atoms with Gasteiger partial charge in [-0.3, -0.25) is 0 Å². The molecular formula is C18H15FS. The van der Waals surface area contributed by atoms with E-state index in [2.05, 4.69) is 43.3 Å². The zero-order valence-electron chi connectivity index (χ0n) is 11.3. The van der Waals surface area contributed by atoms with Crippen LogP contribution in [0.2, 0.25) is 0 Å². The molecule has 100 valence electrons. The van der Waals surface area contributed by atoms with E-state index in [1.165, 1.54) is 33.0 Å². The van der Waals surface area contributed by atoms with E-state index in [1.54, 1.807) is 11.3 Å². The van der Waals surface area contributed by atoms with Gasteiger partial charge in [0.25, 0.3) is 0 Å². The van der Waals surface area contributed by atoms with Crippen molar-refractivity contribution in [2.75, 3.05) is 0 Å². The Morgan fingerprint density at radius 2 is 1.65 bits per heavy atom. The topological polar surface area (TPSA) is 0 Å². The number of thiophene rings is 1. The summed E-state index contributed by atoms with van der Waals surface area (Å²) in [4.78, 5) is 2.52. The van der Waals surface area contributed by atoms with E-state index in [0.29, 0.717) is 0 Å². The molecule has 0 bridgehead atoms. The van der Waals surface area contributed by atoms with Crippen LogP contribution >= 0.6 is 11.3 Å². The average Bonchev–Trinajstić information content (AvgIpc) is 2.91. The van der Waals surface area contributed by atoms with Gasteiger partial charge in [0.05, 0.1) is 0 Å². The number of aryl methyl sites for hydroxylation is 1. The van der Waals surface area contributed by atoms with Crippen molar-refractivity contribution in [1.29, 1.82) is 0 Å². The molecule has 0 fully saturated rings. The van der Waals surface area contributed by atoms with Crippen molar-refractivity contribution in [2.45, 2.75) is 13.3 Å². The summed E-state index contributed by atoms with van der Waals surface area (Å²) in [7, 11) is 0. The van der Waals surface area contributed by atoms with Crippen LogP contribution in [0.25, 0.3) is 10.4 Å². The Labute approximate surface area is 122 Å². The Morgan fingerprint density at radius 3 is 2.40 bits per heavy atom. The maximum atomic E-state index is 12.9. The molecule has 0 N–H and O–H groups in total. The fourth-order valence-corrected chi connectivity index (χ4v) is 3.27. The third kappa shape index (κ3) is 2.81. The molecule has 20 heavy (non-hydrogen) atoms. The first-order valence-electron chi connectivity index (χ1n) is 6.61. The highest BCUT2D eigenvalue weighted by Gasteiger charge is 2.05. The van der Waals surface area contributed by atoms with Crippen LogP contribution in [-0.2, 0) is 6.42 Å². The van der Waals surface area contributed by atoms with Crippen LogP contribution in [0, 0.1) is 12.7 Å². The van der Waals surface area contributed by atoms with Crippen molar-refractivity contribution in [3.05, 3.63) is 82.5 Å². The Morgan fingerprint density at radius 1 is 0.900 bits per heavy atom. The van der Waals surface area contributed by atoms with Gasteiger partial charge in [0.15, 0.2) is 0 Å². The molecule has 3 aromatic rings. The predicted molar refractivity (Wildman–Crippen MR) is 83.7 cm³/mol. The molecule has 0 unspecified atom stereocenters. The van der Waals surface area contributed by atoms with E-state index in [-0.39, 0.29) is 5.82 Å². The van der Waals surface area contributed by atoms with E-state index in [0.717, 1.165) is 12.0 Å². The number of hydrogen-bond acceptors (Lipinski definition) is 1. The van der Waals surface area contributed by atoms with Crippen LogP contribution < -0.4 is 0 Å². The second kappa shape index (κ2) is 5.59. The second-order valence-corrected chi connectivity index (χ2v) is 6.04. The quantitative estimate of drug-likeness (QED) is 0.599. The summed E-state index contributed by atoms with van der Waals surface area (Å²) in [5, 5.41) is 0. The van der Waals surface area contributed by atoms with Gasteiger partial charge >= 0.3 is 0 Å². The number of rotatable bonds is 3. The summed E-state index contributed by atoms with van der Waals surface area (Å²) < 4.78 is 12.9. The lowest BCUT2D eigenvalue weighted by Gasteiger charge is -2.03. The molecule has 2 aromatic carbocycles. The number of halogens is 1. The van der Waals surface area contributed by atoms with Crippen molar-refractivity contribution in [1.82, 2.24) is 0 Å². The van der Waals surface area contributed by atoms with Crippen molar-refractivity contribution < 1.29 is 4.39 Å². The summed E-state index contributed by atoms with van der Waals surface area (Å²) >= 11 is 1.77. The minimum atomic E-state index is -0.189. The van der Waals surface area contributed by atoms with Gasteiger partial charge in [0.1, 0.15) is 5.82 Å². The lowest BCUT2D eigenvalue weighted by Crippen LogP contribution is -1.87. The van der Waals surface area contributed by atoms with E-state index < -0.39 is 0 Å². The van der Waals surface area contributed by atoms with E-state index in [1.807, 2.05) is 12.1 Å². The number of benzene rings is 2. The fraction of sp³-hybridized carbons (Fsp3) is 0.111. The molecule has 0 aliphatic carbocycles. The minimum absolute atomic E-state index is 0.189. The smallest absolute Gasteiger partial charge is 0.123 e. The molecule has 0 aliphatic rings. The van der Waals surface area contributed by atoms with Gasteiger partial charge in [-0.05, 0) is 47.9 Å². The third-order valence-electron chi connectivity index (χ3n) is 3.42. The van der Waals surface area contributed by atoms with Gasteiger partial charge in [-0.25, -0.2) is 4.39 Å². The van der Waals surface area contributed by atoms with Gasteiger partial charge in [-0.2, -0.15) is 0 Å². The van der Waals surface area contributed by atoms with Crippen LogP contribution in [0.4, 0.5) is 4.39 Å². The van der Waals surface area contributed by atoms with Gasteiger partial charge < -0.3 is 0 Å². The standard InChI is InChI=1S/C18H15FS/c1-13-4-2-3-5-15(13)12-17-10-11-18(20-17)14-6-8-16(19)9-7-14/h2-11H,12H2,1H3. The molecule has 0 saturated heterocycles. The van der Waals surface area contributed by atoms with Crippen LogP contribution in [-0.4, -0.2) is 0 Å². The molecule has 0 radical (unpaired) electrons. The Bertz CT molecular complexity index is 710. The van der Waals surface area contributed by atoms with E-state index in [4.69, 9.17) is 0 Å². The minimum Gasteiger partial charge on any atom is -0.207 e. The second-order valence-electron chi connectivity index (χ2n) is 4.88. The molecule has 0 amide bonds. The van der Waals surface area contributed by atoms with Crippen molar-refractivity contribution in [3.63, 3.8) is 0 Å². The summed E-state index contributed by atoms with van der Waals surface area (Å²) in [5.41, 5.74) is 3.76. The highest BCUT2D eigenvalue weighted by Crippen LogP contribution is 2.29. The molecule has 1 heterocycles. The highest BCUT2D eigenvalue weighted by molar-refractivity contribution is 7.15. The van der Waals surface area contributed by atoms with E-state index in [9.17, 15) is 4.39 Å². The molecule has 3 rings (SSSR count). The highest BCUT2D eigenvalue weighted by atomic mass is 32.1. The zero-order chi connectivity index (χ0) is 13.9. The van der Waals surface area contributed by atoms with E-state index >= 15 is 0 Å². The SMILES string of the molecule is Cc1ccccc1Cc1ccc(-c2ccc(F)cc2)s1. The molecule has 0 atom stereocenters. The maximum Gasteiger partial charge on any atom is 0.123 e. The Balaban J connectivity index is 1.84. The molecule has 1 aromatic heterocycles. The van der Waals surface area contributed by atoms with Crippen molar-refractivity contribution in [2.24, 2.45) is 0 Å². The Hall–Kier alpha value is -1.93. The first kappa shape index (κ1) is 13.1. The van der Waals surface area contributed by atoms with Gasteiger partial charge in [0, 0.05) is 16.2 Å². The molecule has 0 nitrogen and oxygen atoms in total. The van der Waals surface area contributed by atoms with Crippen LogP contribution in [0.15, 0.2) is 60.7 Å². The third-order valence-corrected chi connectivity index (χ3v) is 4.55. The largest absolute Gasteiger partial charge is 0.207 e. The lowest BCUT2D eigenvalue weighted by atomic mass is 10.1. The maximum absolute atomic E-state index is 12.9. The average molecular weight is 282 g/mol. The van der Waals surface area contributed by atoms with Crippen LogP contribution in [0.3, 0.4) is 0 Å². The summed E-state index contributed by atoms with van der Waals surface area (Å²) in [5.74, 6) is -0.189. The molecule has 0 spiro atoms. The summed E-state index contributed by atoms with van der Waals surface area (Å²) in [6.07, 6.45) is 0.957.